The van der Waals surface area contributed by atoms with E-state index in [0.717, 1.165) is 16.8 Å². The van der Waals surface area contributed by atoms with Crippen LogP contribution in [0.3, 0.4) is 0 Å². The summed E-state index contributed by atoms with van der Waals surface area (Å²) in [6.45, 7) is 1.64. The molecule has 2 aromatic carbocycles. The van der Waals surface area contributed by atoms with Gasteiger partial charge >= 0.3 is 6.09 Å². The second-order valence-corrected chi connectivity index (χ2v) is 5.65. The highest BCUT2D eigenvalue weighted by Crippen LogP contribution is 2.32. The standard InChI is InChI=1S/C19H19N3O3/c1-12(20-19(24)25-2)16-18(23)22-17(13-8-4-3-5-9-13)14-10-6-7-11-15(14)21-16/h3-11,17,21H,1-2H3,(H,20,24)(H,22,23)/b16-12-/t17-/m1/s1. The number of para-hydroxylation sites is 1. The van der Waals surface area contributed by atoms with Crippen molar-refractivity contribution in [1.82, 2.24) is 10.6 Å². The summed E-state index contributed by atoms with van der Waals surface area (Å²) in [6, 6.07) is 17.1. The largest absolute Gasteiger partial charge is 0.453 e. The molecule has 6 nitrogen and oxygen atoms in total. The van der Waals surface area contributed by atoms with E-state index in [1.165, 1.54) is 7.11 Å². The Labute approximate surface area is 145 Å². The molecule has 0 spiro atoms. The van der Waals surface area contributed by atoms with Crippen molar-refractivity contribution in [2.75, 3.05) is 12.4 Å². The van der Waals surface area contributed by atoms with E-state index in [0.29, 0.717) is 5.70 Å². The van der Waals surface area contributed by atoms with Gasteiger partial charge in [-0.25, -0.2) is 4.79 Å². The number of fused-ring (bicyclic) bond motifs is 1. The molecule has 0 unspecified atom stereocenters. The van der Waals surface area contributed by atoms with Crippen molar-refractivity contribution >= 4 is 17.7 Å². The molecule has 0 saturated heterocycles. The molecule has 0 aliphatic carbocycles. The van der Waals surface area contributed by atoms with Crippen molar-refractivity contribution in [2.24, 2.45) is 0 Å². The third-order valence-electron chi connectivity index (χ3n) is 4.02. The highest BCUT2D eigenvalue weighted by atomic mass is 16.5. The van der Waals surface area contributed by atoms with Crippen LogP contribution in [0.5, 0.6) is 0 Å². The lowest BCUT2D eigenvalue weighted by Crippen LogP contribution is -2.33. The van der Waals surface area contributed by atoms with Gasteiger partial charge in [0.05, 0.1) is 13.2 Å². The lowest BCUT2D eigenvalue weighted by atomic mass is 9.97. The third kappa shape index (κ3) is 3.47. The van der Waals surface area contributed by atoms with Crippen LogP contribution in [0, 0.1) is 0 Å². The van der Waals surface area contributed by atoms with Crippen molar-refractivity contribution in [3.05, 3.63) is 77.1 Å². The normalized spacial score (nSPS) is 18.2. The predicted octanol–water partition coefficient (Wildman–Crippen LogP) is 2.91. The topological polar surface area (TPSA) is 79.5 Å². The molecule has 0 bridgehead atoms. The molecule has 1 atom stereocenters. The summed E-state index contributed by atoms with van der Waals surface area (Å²) in [4.78, 5) is 24.2. The molecule has 0 aromatic heterocycles. The van der Waals surface area contributed by atoms with Gasteiger partial charge in [-0.05, 0) is 18.6 Å². The summed E-state index contributed by atoms with van der Waals surface area (Å²) in [7, 11) is 1.27. The molecule has 0 radical (unpaired) electrons. The lowest BCUT2D eigenvalue weighted by Gasteiger charge is -2.18. The Bertz CT molecular complexity index is 831. The van der Waals surface area contributed by atoms with Crippen LogP contribution < -0.4 is 16.0 Å². The Balaban J connectivity index is 2.05. The summed E-state index contributed by atoms with van der Waals surface area (Å²) in [5, 5.41) is 8.70. The SMILES string of the molecule is COC(=O)N/C(C)=C1\Nc2ccccc2[C@@H](c2ccccc2)NC1=O. The Morgan fingerprint density at radius 3 is 2.48 bits per heavy atom. The number of hydrogen-bond acceptors (Lipinski definition) is 4. The Hall–Kier alpha value is -3.28. The molecule has 2 aromatic rings. The van der Waals surface area contributed by atoms with Crippen LogP contribution in [0.1, 0.15) is 24.1 Å². The van der Waals surface area contributed by atoms with Crippen molar-refractivity contribution in [2.45, 2.75) is 13.0 Å². The molecule has 1 aliphatic rings. The van der Waals surface area contributed by atoms with E-state index in [1.807, 2.05) is 54.6 Å². The average Bonchev–Trinajstić information content (AvgIpc) is 2.79. The van der Waals surface area contributed by atoms with Crippen molar-refractivity contribution in [3.63, 3.8) is 0 Å². The number of hydrogen-bond donors (Lipinski definition) is 3. The van der Waals surface area contributed by atoms with E-state index in [9.17, 15) is 9.59 Å². The number of amides is 2. The van der Waals surface area contributed by atoms with Crippen LogP contribution in [0.2, 0.25) is 0 Å². The van der Waals surface area contributed by atoms with E-state index < -0.39 is 6.09 Å². The van der Waals surface area contributed by atoms with Gasteiger partial charge in [0.15, 0.2) is 0 Å². The van der Waals surface area contributed by atoms with E-state index in [1.54, 1.807) is 6.92 Å². The Kier molecular flexibility index (Phi) is 4.70. The summed E-state index contributed by atoms with van der Waals surface area (Å²) in [5.74, 6) is -0.307. The van der Waals surface area contributed by atoms with Gasteiger partial charge in [0, 0.05) is 16.9 Å². The van der Waals surface area contributed by atoms with Crippen LogP contribution >= 0.6 is 0 Å². The number of carbonyl (C=O) groups excluding carboxylic acids is 2. The zero-order chi connectivity index (χ0) is 17.8. The van der Waals surface area contributed by atoms with E-state index in [2.05, 4.69) is 20.7 Å². The molecule has 0 fully saturated rings. The lowest BCUT2D eigenvalue weighted by molar-refractivity contribution is -0.117. The fourth-order valence-corrected chi connectivity index (χ4v) is 2.77. The molecule has 6 heteroatoms. The van der Waals surface area contributed by atoms with Gasteiger partial charge in [-0.2, -0.15) is 0 Å². The smallest absolute Gasteiger partial charge is 0.411 e. The molecule has 0 saturated carbocycles. The fourth-order valence-electron chi connectivity index (χ4n) is 2.77. The Morgan fingerprint density at radius 1 is 1.08 bits per heavy atom. The number of alkyl carbamates (subject to hydrolysis) is 1. The van der Waals surface area contributed by atoms with Crippen LogP contribution in [-0.2, 0) is 9.53 Å². The molecule has 25 heavy (non-hydrogen) atoms. The Morgan fingerprint density at radius 2 is 1.76 bits per heavy atom. The third-order valence-corrected chi connectivity index (χ3v) is 4.02. The number of rotatable bonds is 2. The number of methoxy groups -OCH3 is 1. The predicted molar refractivity (Wildman–Crippen MR) is 94.7 cm³/mol. The molecule has 3 rings (SSSR count). The quantitative estimate of drug-likeness (QED) is 0.736. The van der Waals surface area contributed by atoms with Gasteiger partial charge in [0.2, 0.25) is 0 Å². The number of benzene rings is 2. The van der Waals surface area contributed by atoms with Gasteiger partial charge in [0.25, 0.3) is 5.91 Å². The van der Waals surface area contributed by atoms with E-state index >= 15 is 0 Å². The average molecular weight is 337 g/mol. The van der Waals surface area contributed by atoms with E-state index in [-0.39, 0.29) is 17.6 Å². The van der Waals surface area contributed by atoms with Crippen molar-refractivity contribution < 1.29 is 14.3 Å². The van der Waals surface area contributed by atoms with Gasteiger partial charge in [-0.1, -0.05) is 48.5 Å². The zero-order valence-corrected chi connectivity index (χ0v) is 14.0. The first kappa shape index (κ1) is 16.6. The molecule has 3 N–H and O–H groups in total. The molecule has 1 heterocycles. The monoisotopic (exact) mass is 337 g/mol. The van der Waals surface area contributed by atoms with Crippen LogP contribution in [0.4, 0.5) is 10.5 Å². The number of nitrogens with one attached hydrogen (secondary N) is 3. The number of ether oxygens (including phenoxy) is 1. The first-order valence-electron chi connectivity index (χ1n) is 7.87. The second-order valence-electron chi connectivity index (χ2n) is 5.65. The van der Waals surface area contributed by atoms with Crippen molar-refractivity contribution in [3.8, 4) is 0 Å². The molecule has 128 valence electrons. The molecule has 1 aliphatic heterocycles. The highest BCUT2D eigenvalue weighted by molar-refractivity contribution is 5.99. The maximum absolute atomic E-state index is 12.8. The van der Waals surface area contributed by atoms with Crippen LogP contribution in [0.15, 0.2) is 66.0 Å². The van der Waals surface area contributed by atoms with Crippen LogP contribution in [0.25, 0.3) is 0 Å². The summed E-state index contributed by atoms with van der Waals surface area (Å²) >= 11 is 0. The summed E-state index contributed by atoms with van der Waals surface area (Å²) in [6.07, 6.45) is -0.628. The summed E-state index contributed by atoms with van der Waals surface area (Å²) < 4.78 is 4.59. The van der Waals surface area contributed by atoms with Gasteiger partial charge < -0.3 is 15.4 Å². The van der Waals surface area contributed by atoms with Crippen molar-refractivity contribution in [1.29, 1.82) is 0 Å². The number of anilines is 1. The van der Waals surface area contributed by atoms with Gasteiger partial charge in [-0.3, -0.25) is 10.1 Å². The minimum Gasteiger partial charge on any atom is -0.453 e. The maximum Gasteiger partial charge on any atom is 0.411 e. The molecule has 2 amide bonds. The van der Waals surface area contributed by atoms with Gasteiger partial charge in [-0.15, -0.1) is 0 Å². The molecular formula is C19H19N3O3. The van der Waals surface area contributed by atoms with E-state index in [4.69, 9.17) is 0 Å². The molecular weight excluding hydrogens is 318 g/mol. The zero-order valence-electron chi connectivity index (χ0n) is 14.0. The first-order chi connectivity index (χ1) is 12.1. The minimum atomic E-state index is -0.628. The minimum absolute atomic E-state index is 0.274. The fraction of sp³-hybridized carbons (Fsp3) is 0.158. The second kappa shape index (κ2) is 7.09. The van der Waals surface area contributed by atoms with Crippen LogP contribution in [-0.4, -0.2) is 19.1 Å². The van der Waals surface area contributed by atoms with Gasteiger partial charge in [0.1, 0.15) is 5.70 Å². The highest BCUT2D eigenvalue weighted by Gasteiger charge is 2.27. The first-order valence-corrected chi connectivity index (χ1v) is 7.87. The number of carbonyl (C=O) groups is 2. The maximum atomic E-state index is 12.8. The number of allylic oxidation sites excluding steroid dienone is 1. The summed E-state index contributed by atoms with van der Waals surface area (Å²) in [5.41, 5.74) is 3.38.